The van der Waals surface area contributed by atoms with Crippen LogP contribution in [0, 0.1) is 13.8 Å². The average Bonchev–Trinajstić information content (AvgIpc) is 2.44. The maximum atomic E-state index is 6.01. The number of nitrogens with zero attached hydrogens (tertiary/aromatic N) is 5. The van der Waals surface area contributed by atoms with Crippen LogP contribution < -0.4 is 0 Å². The second-order valence-electron chi connectivity index (χ2n) is 3.07. The molecule has 5 nitrogen and oxygen atoms in total. The fraction of sp³-hybridized carbons (Fsp3) is 0.250. The smallest absolute Gasteiger partial charge is 0.201 e. The molecule has 0 saturated heterocycles. The molecule has 0 saturated carbocycles. The highest BCUT2D eigenvalue weighted by Crippen LogP contribution is 2.21. The number of rotatable bonds is 1. The van der Waals surface area contributed by atoms with Crippen molar-refractivity contribution in [1.82, 2.24) is 24.7 Å². The zero-order valence-electron chi connectivity index (χ0n) is 8.37. The van der Waals surface area contributed by atoms with Crippen LogP contribution in [0.15, 0.2) is 0 Å². The molecular formula is C8H6Cl3N5. The van der Waals surface area contributed by atoms with Gasteiger partial charge in [0.1, 0.15) is 0 Å². The van der Waals surface area contributed by atoms with Crippen molar-refractivity contribution in [2.24, 2.45) is 0 Å². The van der Waals surface area contributed by atoms with E-state index in [4.69, 9.17) is 34.8 Å². The normalized spacial score (nSPS) is 10.8. The molecule has 84 valence electrons. The summed E-state index contributed by atoms with van der Waals surface area (Å²) in [4.78, 5) is 11.5. The van der Waals surface area contributed by atoms with Gasteiger partial charge >= 0.3 is 0 Å². The molecule has 2 aromatic rings. The summed E-state index contributed by atoms with van der Waals surface area (Å²) in [5, 5.41) is 4.76. The molecule has 0 N–H and O–H groups in total. The van der Waals surface area contributed by atoms with Crippen molar-refractivity contribution in [3.05, 3.63) is 27.0 Å². The molecule has 0 aliphatic carbocycles. The Morgan fingerprint density at radius 1 is 0.938 bits per heavy atom. The molecular weight excluding hydrogens is 272 g/mol. The Kier molecular flexibility index (Phi) is 3.01. The van der Waals surface area contributed by atoms with E-state index in [0.717, 1.165) is 5.69 Å². The molecule has 8 heteroatoms. The lowest BCUT2D eigenvalue weighted by atomic mass is 10.4. The van der Waals surface area contributed by atoms with Gasteiger partial charge in [0.15, 0.2) is 0 Å². The molecule has 0 spiro atoms. The highest BCUT2D eigenvalue weighted by molar-refractivity contribution is 6.32. The van der Waals surface area contributed by atoms with E-state index in [9.17, 15) is 0 Å². The minimum Gasteiger partial charge on any atom is -0.201 e. The lowest BCUT2D eigenvalue weighted by Gasteiger charge is -2.02. The lowest BCUT2D eigenvalue weighted by Crippen LogP contribution is -2.06. The Morgan fingerprint density at radius 3 is 1.94 bits per heavy atom. The minimum absolute atomic E-state index is 0.0127. The van der Waals surface area contributed by atoms with E-state index >= 15 is 0 Å². The van der Waals surface area contributed by atoms with Crippen LogP contribution in [-0.2, 0) is 0 Å². The first-order valence-electron chi connectivity index (χ1n) is 4.28. The SMILES string of the molecule is Cc1nn(-c2nc(Cl)nc(Cl)n2)c(C)c1Cl. The fourth-order valence-electron chi connectivity index (χ4n) is 1.23. The number of hydrogen-bond donors (Lipinski definition) is 0. The van der Waals surface area contributed by atoms with Gasteiger partial charge in [0, 0.05) is 0 Å². The molecule has 0 aliphatic rings. The second kappa shape index (κ2) is 4.16. The van der Waals surface area contributed by atoms with E-state index in [1.54, 1.807) is 13.8 Å². The van der Waals surface area contributed by atoms with Crippen molar-refractivity contribution in [3.63, 3.8) is 0 Å². The molecule has 2 rings (SSSR count). The van der Waals surface area contributed by atoms with Crippen LogP contribution in [0.5, 0.6) is 0 Å². The molecule has 0 aliphatic heterocycles. The van der Waals surface area contributed by atoms with Crippen LogP contribution in [0.3, 0.4) is 0 Å². The van der Waals surface area contributed by atoms with Crippen LogP contribution in [-0.4, -0.2) is 24.7 Å². The Bertz CT molecular complexity index is 531. The molecule has 0 radical (unpaired) electrons. The summed E-state index contributed by atoms with van der Waals surface area (Å²) in [6, 6.07) is 0. The summed E-state index contributed by atoms with van der Waals surface area (Å²) < 4.78 is 1.47. The molecule has 0 aromatic carbocycles. The predicted octanol–water partition coefficient (Wildman–Crippen LogP) is 2.63. The highest BCUT2D eigenvalue weighted by Gasteiger charge is 2.14. The van der Waals surface area contributed by atoms with Gasteiger partial charge in [0.05, 0.1) is 16.4 Å². The van der Waals surface area contributed by atoms with Gasteiger partial charge < -0.3 is 0 Å². The van der Waals surface area contributed by atoms with Crippen LogP contribution in [0.2, 0.25) is 15.6 Å². The molecule has 0 fully saturated rings. The van der Waals surface area contributed by atoms with Crippen molar-refractivity contribution in [3.8, 4) is 5.95 Å². The average molecular weight is 279 g/mol. The first-order chi connectivity index (χ1) is 7.49. The first kappa shape index (κ1) is 11.6. The summed E-state index contributed by atoms with van der Waals surface area (Å²) in [6.07, 6.45) is 0. The van der Waals surface area contributed by atoms with E-state index in [1.165, 1.54) is 4.68 Å². The number of aryl methyl sites for hydroxylation is 1. The van der Waals surface area contributed by atoms with E-state index in [2.05, 4.69) is 20.1 Å². The number of hydrogen-bond acceptors (Lipinski definition) is 4. The third kappa shape index (κ3) is 1.98. The van der Waals surface area contributed by atoms with E-state index in [-0.39, 0.29) is 16.5 Å². The Balaban J connectivity index is 2.62. The largest absolute Gasteiger partial charge is 0.256 e. The standard InChI is InChI=1S/C8H6Cl3N5/c1-3-5(9)4(2)16(15-3)8-13-6(10)12-7(11)14-8/h1-2H3. The van der Waals surface area contributed by atoms with Gasteiger partial charge in [0.25, 0.3) is 5.95 Å². The molecule has 0 bridgehead atoms. The quantitative estimate of drug-likeness (QED) is 0.804. The second-order valence-corrected chi connectivity index (χ2v) is 4.12. The molecule has 2 aromatic heterocycles. The Hall–Kier alpha value is -0.910. The summed E-state index contributed by atoms with van der Waals surface area (Å²) in [7, 11) is 0. The lowest BCUT2D eigenvalue weighted by molar-refractivity contribution is 0.764. The van der Waals surface area contributed by atoms with Gasteiger partial charge in [-0.1, -0.05) is 11.6 Å². The molecule has 16 heavy (non-hydrogen) atoms. The topological polar surface area (TPSA) is 56.5 Å². The summed E-state index contributed by atoms with van der Waals surface area (Å²) in [5.41, 5.74) is 1.41. The van der Waals surface area contributed by atoms with Crippen molar-refractivity contribution in [2.75, 3.05) is 0 Å². The Labute approximate surface area is 106 Å². The molecule has 0 amide bonds. The predicted molar refractivity (Wildman–Crippen MR) is 61.5 cm³/mol. The van der Waals surface area contributed by atoms with Crippen molar-refractivity contribution >= 4 is 34.8 Å². The number of aromatic nitrogens is 5. The summed E-state index contributed by atoms with van der Waals surface area (Å²) >= 11 is 17.4. The van der Waals surface area contributed by atoms with E-state index < -0.39 is 0 Å². The third-order valence-electron chi connectivity index (χ3n) is 1.96. The van der Waals surface area contributed by atoms with Crippen molar-refractivity contribution in [2.45, 2.75) is 13.8 Å². The van der Waals surface area contributed by atoms with Gasteiger partial charge in [0.2, 0.25) is 10.6 Å². The zero-order chi connectivity index (χ0) is 11.9. The van der Waals surface area contributed by atoms with Gasteiger partial charge in [-0.25, -0.2) is 4.68 Å². The first-order valence-corrected chi connectivity index (χ1v) is 5.41. The third-order valence-corrected chi connectivity index (χ3v) is 2.85. The van der Waals surface area contributed by atoms with Crippen LogP contribution >= 0.6 is 34.8 Å². The van der Waals surface area contributed by atoms with E-state index in [1.807, 2.05) is 0 Å². The van der Waals surface area contributed by atoms with Gasteiger partial charge in [-0.2, -0.15) is 20.1 Å². The van der Waals surface area contributed by atoms with E-state index in [0.29, 0.717) is 10.7 Å². The summed E-state index contributed by atoms with van der Waals surface area (Å²) in [6.45, 7) is 3.59. The highest BCUT2D eigenvalue weighted by atomic mass is 35.5. The monoisotopic (exact) mass is 277 g/mol. The number of halogens is 3. The van der Waals surface area contributed by atoms with Crippen LogP contribution in [0.25, 0.3) is 5.95 Å². The maximum Gasteiger partial charge on any atom is 0.256 e. The van der Waals surface area contributed by atoms with Crippen LogP contribution in [0.1, 0.15) is 11.4 Å². The summed E-state index contributed by atoms with van der Waals surface area (Å²) in [5.74, 6) is 0.248. The molecule has 0 unspecified atom stereocenters. The molecule has 2 heterocycles. The zero-order valence-corrected chi connectivity index (χ0v) is 10.6. The van der Waals surface area contributed by atoms with Gasteiger partial charge in [-0.15, -0.1) is 0 Å². The van der Waals surface area contributed by atoms with Crippen LogP contribution in [0.4, 0.5) is 0 Å². The fourth-order valence-corrected chi connectivity index (χ4v) is 1.70. The van der Waals surface area contributed by atoms with Gasteiger partial charge in [-0.3, -0.25) is 0 Å². The van der Waals surface area contributed by atoms with Crippen molar-refractivity contribution < 1.29 is 0 Å². The minimum atomic E-state index is 0.0127. The maximum absolute atomic E-state index is 6.01. The van der Waals surface area contributed by atoms with Crippen molar-refractivity contribution in [1.29, 1.82) is 0 Å². The Morgan fingerprint density at radius 2 is 1.50 bits per heavy atom. The van der Waals surface area contributed by atoms with Gasteiger partial charge in [-0.05, 0) is 37.0 Å². The molecule has 0 atom stereocenters.